The molecule has 0 aliphatic rings. The number of aliphatic hydroxyl groups is 3. The number of carbonyl (C=O) groups is 1. The Labute approximate surface area is 73.6 Å². The van der Waals surface area contributed by atoms with E-state index in [1.807, 2.05) is 0 Å². The predicted molar refractivity (Wildman–Crippen MR) is 25.6 cm³/mol. The molecule has 0 atom stereocenters. The summed E-state index contributed by atoms with van der Waals surface area (Å²) in [5.74, 6) is 0. The van der Waals surface area contributed by atoms with Crippen molar-refractivity contribution in [2.24, 2.45) is 0 Å². The molecule has 0 saturated heterocycles. The zero-order valence-corrected chi connectivity index (χ0v) is 6.52. The molecule has 0 bridgehead atoms. The number of hydrogen-bond acceptors (Lipinski definition) is 6. The summed E-state index contributed by atoms with van der Waals surface area (Å²) < 4.78 is 0. The van der Waals surface area contributed by atoms with Gasteiger partial charge in [-0.05, 0) is 6.16 Å². The van der Waals surface area contributed by atoms with Gasteiger partial charge in [0.25, 0.3) is 0 Å². The van der Waals surface area contributed by atoms with Crippen LogP contribution in [0.3, 0.4) is 0 Å². The van der Waals surface area contributed by atoms with E-state index >= 15 is 0 Å². The minimum atomic E-state index is -2.33. The maximum absolute atomic E-state index is 8.33. The molecule has 0 saturated carbocycles. The van der Waals surface area contributed by atoms with Crippen LogP contribution in [0.2, 0.25) is 0 Å². The average Bonchev–Trinajstić information content (AvgIpc) is 1.85. The van der Waals surface area contributed by atoms with Crippen LogP contribution < -0.4 is 10.2 Å². The maximum Gasteiger partial charge on any atom is 3.00 e. The third kappa shape index (κ3) is 42.2. The van der Waals surface area contributed by atoms with Crippen molar-refractivity contribution in [2.45, 2.75) is 6.10 Å². The van der Waals surface area contributed by atoms with Crippen LogP contribution in [0.5, 0.6) is 0 Å². The summed E-state index contributed by atoms with van der Waals surface area (Å²) in [6, 6.07) is 0. The van der Waals surface area contributed by atoms with Crippen molar-refractivity contribution < 1.29 is 47.4 Å². The summed E-state index contributed by atoms with van der Waals surface area (Å²) >= 11 is 0. The van der Waals surface area contributed by atoms with Crippen molar-refractivity contribution >= 4 is 6.16 Å². The van der Waals surface area contributed by atoms with E-state index in [0.717, 1.165) is 0 Å². The van der Waals surface area contributed by atoms with Crippen molar-refractivity contribution in [1.82, 2.24) is 0 Å². The van der Waals surface area contributed by atoms with Gasteiger partial charge >= 0.3 is 17.1 Å². The molecule has 1 radical (unpaired) electrons. The molecule has 7 heteroatoms. The number of aliphatic hydroxyl groups excluding tert-OH is 3. The van der Waals surface area contributed by atoms with Gasteiger partial charge in [0.05, 0.1) is 13.2 Å². The molecule has 3 N–H and O–H groups in total. The summed E-state index contributed by atoms with van der Waals surface area (Å²) in [7, 11) is 0. The fraction of sp³-hybridized carbons (Fsp3) is 0.750. The van der Waals surface area contributed by atoms with Crippen molar-refractivity contribution in [1.29, 1.82) is 0 Å². The van der Waals surface area contributed by atoms with Crippen LogP contribution in [-0.4, -0.2) is 40.8 Å². The molecule has 0 fully saturated rings. The molecule has 11 heavy (non-hydrogen) atoms. The van der Waals surface area contributed by atoms with Crippen LogP contribution in [0.25, 0.3) is 0 Å². The van der Waals surface area contributed by atoms with E-state index in [1.165, 1.54) is 0 Å². The Balaban J connectivity index is -0.000000114. The Kier molecular flexibility index (Phi) is 19.0. The van der Waals surface area contributed by atoms with Gasteiger partial charge in [0.1, 0.15) is 6.10 Å². The van der Waals surface area contributed by atoms with Gasteiger partial charge in [-0.25, -0.2) is 0 Å². The molecule has 6 nitrogen and oxygen atoms in total. The van der Waals surface area contributed by atoms with E-state index in [9.17, 15) is 0 Å². The molecule has 0 unspecified atom stereocenters. The summed E-state index contributed by atoms with van der Waals surface area (Å²) in [6.45, 7) is -0.729. The fourth-order valence-electron chi connectivity index (χ4n) is 0.0577. The Hall–Kier alpha value is -0.331. The van der Waals surface area contributed by atoms with E-state index in [-0.39, 0.29) is 30.3 Å². The van der Waals surface area contributed by atoms with Gasteiger partial charge in [0.2, 0.25) is 0 Å². The standard InChI is InChI=1S/C3H8O3.CH2O3.Fe/c4-1-3(6)2-5;2-1(3)4;/h3-6H,1-2H2;(H2,2,3,4);/q;;+3/p-2. The van der Waals surface area contributed by atoms with Crippen LogP contribution in [0, 0.1) is 0 Å². The Bertz CT molecular complexity index is 78.7. The van der Waals surface area contributed by atoms with Crippen molar-refractivity contribution in [3.8, 4) is 0 Å². The average molecular weight is 208 g/mol. The van der Waals surface area contributed by atoms with Crippen molar-refractivity contribution in [3.63, 3.8) is 0 Å². The summed E-state index contributed by atoms with van der Waals surface area (Å²) in [6.07, 6.45) is -3.29. The molecule has 0 amide bonds. The quantitative estimate of drug-likeness (QED) is 0.396. The van der Waals surface area contributed by atoms with E-state index < -0.39 is 12.3 Å². The van der Waals surface area contributed by atoms with Crippen LogP contribution in [-0.2, 0) is 17.1 Å². The topological polar surface area (TPSA) is 124 Å². The molecular weight excluding hydrogens is 200 g/mol. The first-order valence-electron chi connectivity index (χ1n) is 2.32. The molecule has 0 aliphatic heterocycles. The molecule has 0 aromatic heterocycles. The molecule has 0 spiro atoms. The van der Waals surface area contributed by atoms with Gasteiger partial charge in [0, 0.05) is 0 Å². The minimum absolute atomic E-state index is 0. The minimum Gasteiger partial charge on any atom is -0.652 e. The van der Waals surface area contributed by atoms with Gasteiger partial charge in [-0.3, -0.25) is 0 Å². The summed E-state index contributed by atoms with van der Waals surface area (Å²) in [5, 5.41) is 40.7. The second-order valence-electron chi connectivity index (χ2n) is 1.27. The second kappa shape index (κ2) is 12.4. The molecule has 67 valence electrons. The first kappa shape index (κ1) is 17.0. The Morgan fingerprint density at radius 3 is 1.45 bits per heavy atom. The fourth-order valence-corrected chi connectivity index (χ4v) is 0.0577. The zero-order chi connectivity index (χ0) is 8.57. The molecule has 0 aromatic carbocycles. The van der Waals surface area contributed by atoms with Gasteiger partial charge in [0.15, 0.2) is 0 Å². The Morgan fingerprint density at radius 1 is 1.27 bits per heavy atom. The van der Waals surface area contributed by atoms with Crippen LogP contribution in [0.15, 0.2) is 0 Å². The van der Waals surface area contributed by atoms with Gasteiger partial charge in [-0.2, -0.15) is 0 Å². The third-order valence-corrected chi connectivity index (χ3v) is 0.421. The number of hydrogen-bond donors (Lipinski definition) is 3. The van der Waals surface area contributed by atoms with E-state index in [4.69, 9.17) is 30.3 Å². The van der Waals surface area contributed by atoms with Gasteiger partial charge in [-0.15, -0.1) is 0 Å². The molecule has 0 aliphatic carbocycles. The normalized spacial score (nSPS) is 7.64. The molecule has 0 rings (SSSR count). The van der Waals surface area contributed by atoms with Crippen molar-refractivity contribution in [3.05, 3.63) is 0 Å². The first-order valence-corrected chi connectivity index (χ1v) is 2.32. The predicted octanol–water partition coefficient (Wildman–Crippen LogP) is -4.12. The Morgan fingerprint density at radius 2 is 1.45 bits per heavy atom. The third-order valence-electron chi connectivity index (χ3n) is 0.421. The van der Waals surface area contributed by atoms with Crippen LogP contribution in [0.1, 0.15) is 0 Å². The smallest absolute Gasteiger partial charge is 0.652 e. The van der Waals surface area contributed by atoms with Crippen LogP contribution >= 0.6 is 0 Å². The summed E-state index contributed by atoms with van der Waals surface area (Å²) in [5.41, 5.74) is 0. The van der Waals surface area contributed by atoms with E-state index in [1.54, 1.807) is 0 Å². The maximum atomic E-state index is 8.33. The molecule has 0 heterocycles. The molecule has 0 aromatic rings. The monoisotopic (exact) mass is 208 g/mol. The van der Waals surface area contributed by atoms with E-state index in [2.05, 4.69) is 0 Å². The van der Waals surface area contributed by atoms with Crippen LogP contribution in [0.4, 0.5) is 4.79 Å². The molecular formula is C4H8FeO6+. The first-order chi connectivity index (χ1) is 4.54. The summed E-state index contributed by atoms with van der Waals surface area (Å²) in [4.78, 5) is 8.33. The number of rotatable bonds is 2. The van der Waals surface area contributed by atoms with Crippen molar-refractivity contribution in [2.75, 3.05) is 13.2 Å². The SMILES string of the molecule is O=C([O-])[O-].OCC(O)CO.[Fe+3]. The number of carbonyl (C=O) groups excluding carboxylic acids is 1. The number of carboxylic acid groups (broad SMARTS) is 2. The van der Waals surface area contributed by atoms with Gasteiger partial charge < -0.3 is 30.3 Å². The zero-order valence-electron chi connectivity index (χ0n) is 5.41. The second-order valence-corrected chi connectivity index (χ2v) is 1.27. The van der Waals surface area contributed by atoms with Gasteiger partial charge in [-0.1, -0.05) is 0 Å². The van der Waals surface area contributed by atoms with E-state index in [0.29, 0.717) is 0 Å². The largest absolute Gasteiger partial charge is 3.00 e.